The largest absolute Gasteiger partial charge is 0.314 e. The Morgan fingerprint density at radius 2 is 1.94 bits per heavy atom. The van der Waals surface area contributed by atoms with E-state index in [9.17, 15) is 0 Å². The zero-order valence-corrected chi connectivity index (χ0v) is 11.2. The maximum absolute atomic E-state index is 3.61. The lowest BCUT2D eigenvalue weighted by Gasteiger charge is -2.29. The van der Waals surface area contributed by atoms with Crippen molar-refractivity contribution in [3.05, 3.63) is 35.4 Å². The van der Waals surface area contributed by atoms with Crippen LogP contribution in [0.15, 0.2) is 24.3 Å². The maximum Gasteiger partial charge on any atom is 0.00697 e. The molecule has 0 spiro atoms. The van der Waals surface area contributed by atoms with Gasteiger partial charge in [-0.3, -0.25) is 0 Å². The predicted octanol–water partition coefficient (Wildman–Crippen LogP) is 3.71. The Labute approximate surface area is 106 Å². The first kappa shape index (κ1) is 12.6. The van der Waals surface area contributed by atoms with E-state index in [0.29, 0.717) is 0 Å². The fraction of sp³-hybridized carbons (Fsp3) is 0.625. The molecule has 1 nitrogen and oxygen atoms in total. The first-order chi connectivity index (χ1) is 8.28. The zero-order chi connectivity index (χ0) is 12.1. The molecular formula is C16H25N. The van der Waals surface area contributed by atoms with E-state index in [2.05, 4.69) is 43.4 Å². The molecule has 0 aromatic heterocycles. The van der Waals surface area contributed by atoms with E-state index in [-0.39, 0.29) is 0 Å². The van der Waals surface area contributed by atoms with Gasteiger partial charge in [0.1, 0.15) is 0 Å². The van der Waals surface area contributed by atoms with E-state index >= 15 is 0 Å². The Hall–Kier alpha value is -0.820. The van der Waals surface area contributed by atoms with Gasteiger partial charge in [-0.1, -0.05) is 49.6 Å². The molecule has 17 heavy (non-hydrogen) atoms. The summed E-state index contributed by atoms with van der Waals surface area (Å²) < 4.78 is 0. The molecule has 1 saturated carbocycles. The molecule has 0 saturated heterocycles. The third-order valence-electron chi connectivity index (χ3n) is 3.92. The number of hydrogen-bond acceptors (Lipinski definition) is 1. The van der Waals surface area contributed by atoms with Crippen LogP contribution in [0.3, 0.4) is 0 Å². The Morgan fingerprint density at radius 3 is 2.65 bits per heavy atom. The van der Waals surface area contributed by atoms with Crippen LogP contribution in [0.5, 0.6) is 0 Å². The van der Waals surface area contributed by atoms with Gasteiger partial charge in [0.2, 0.25) is 0 Å². The maximum atomic E-state index is 3.61. The average molecular weight is 231 g/mol. The van der Waals surface area contributed by atoms with Gasteiger partial charge in [-0.15, -0.1) is 0 Å². The molecule has 0 radical (unpaired) electrons. The van der Waals surface area contributed by atoms with E-state index in [0.717, 1.165) is 18.5 Å². The van der Waals surface area contributed by atoms with Gasteiger partial charge in [-0.2, -0.15) is 0 Å². The zero-order valence-electron chi connectivity index (χ0n) is 11.2. The van der Waals surface area contributed by atoms with Gasteiger partial charge in [0.15, 0.2) is 0 Å². The molecule has 2 unspecified atom stereocenters. The molecule has 2 rings (SSSR count). The van der Waals surface area contributed by atoms with Crippen molar-refractivity contribution in [2.24, 2.45) is 5.92 Å². The van der Waals surface area contributed by atoms with Crippen molar-refractivity contribution in [2.45, 2.75) is 52.0 Å². The van der Waals surface area contributed by atoms with Crippen LogP contribution in [0, 0.1) is 12.8 Å². The van der Waals surface area contributed by atoms with Gasteiger partial charge in [0.05, 0.1) is 0 Å². The van der Waals surface area contributed by atoms with Gasteiger partial charge in [0, 0.05) is 6.04 Å². The lowest BCUT2D eigenvalue weighted by Crippen LogP contribution is -2.34. The smallest absolute Gasteiger partial charge is 0.00697 e. The van der Waals surface area contributed by atoms with Crippen LogP contribution in [0.2, 0.25) is 0 Å². The highest BCUT2D eigenvalue weighted by Crippen LogP contribution is 2.27. The summed E-state index contributed by atoms with van der Waals surface area (Å²) in [6, 6.07) is 9.84. The van der Waals surface area contributed by atoms with Gasteiger partial charge < -0.3 is 5.32 Å². The van der Waals surface area contributed by atoms with Crippen molar-refractivity contribution >= 4 is 0 Å². The van der Waals surface area contributed by atoms with Crippen LogP contribution in [0.4, 0.5) is 0 Å². The molecule has 0 bridgehead atoms. The minimum atomic E-state index is 0.768. The minimum Gasteiger partial charge on any atom is -0.314 e. The van der Waals surface area contributed by atoms with Gasteiger partial charge >= 0.3 is 0 Å². The molecule has 94 valence electrons. The quantitative estimate of drug-likeness (QED) is 0.833. The van der Waals surface area contributed by atoms with Crippen molar-refractivity contribution in [3.8, 4) is 0 Å². The summed E-state index contributed by atoms with van der Waals surface area (Å²) in [5.41, 5.74) is 2.88. The molecule has 1 aromatic rings. The van der Waals surface area contributed by atoms with Crippen molar-refractivity contribution in [2.75, 3.05) is 6.54 Å². The normalized spacial score (nSPS) is 24.8. The number of hydrogen-bond donors (Lipinski definition) is 1. The molecule has 1 heteroatoms. The molecule has 1 aliphatic rings. The number of benzene rings is 1. The SMILES string of the molecule is CCNC1CCCC(Cc2ccc(C)cc2)C1. The van der Waals surface area contributed by atoms with E-state index in [4.69, 9.17) is 0 Å². The Morgan fingerprint density at radius 1 is 1.18 bits per heavy atom. The van der Waals surface area contributed by atoms with E-state index in [1.54, 1.807) is 0 Å². The summed E-state index contributed by atoms with van der Waals surface area (Å²) in [5, 5.41) is 3.61. The molecule has 2 atom stereocenters. The highest BCUT2D eigenvalue weighted by atomic mass is 14.9. The average Bonchev–Trinajstić information content (AvgIpc) is 2.33. The van der Waals surface area contributed by atoms with Crippen LogP contribution >= 0.6 is 0 Å². The van der Waals surface area contributed by atoms with Crippen LogP contribution in [0.25, 0.3) is 0 Å². The summed E-state index contributed by atoms with van der Waals surface area (Å²) >= 11 is 0. The van der Waals surface area contributed by atoms with Gasteiger partial charge in [-0.25, -0.2) is 0 Å². The predicted molar refractivity (Wildman–Crippen MR) is 74.3 cm³/mol. The number of aryl methyl sites for hydroxylation is 1. The number of nitrogens with one attached hydrogen (secondary N) is 1. The summed E-state index contributed by atoms with van der Waals surface area (Å²) in [6.07, 6.45) is 6.81. The summed E-state index contributed by atoms with van der Waals surface area (Å²) in [6.45, 7) is 5.48. The lowest BCUT2D eigenvalue weighted by molar-refractivity contribution is 0.287. The second-order valence-electron chi connectivity index (χ2n) is 5.48. The third kappa shape index (κ3) is 3.85. The number of rotatable bonds is 4. The van der Waals surface area contributed by atoms with Crippen LogP contribution < -0.4 is 5.32 Å². The fourth-order valence-electron chi connectivity index (χ4n) is 3.01. The third-order valence-corrected chi connectivity index (χ3v) is 3.92. The first-order valence-corrected chi connectivity index (χ1v) is 7.07. The summed E-state index contributed by atoms with van der Waals surface area (Å²) in [4.78, 5) is 0. The Kier molecular flexibility index (Phi) is 4.61. The molecule has 0 heterocycles. The molecule has 1 aliphatic carbocycles. The second kappa shape index (κ2) is 6.20. The molecule has 1 fully saturated rings. The highest BCUT2D eigenvalue weighted by Gasteiger charge is 2.21. The van der Waals surface area contributed by atoms with Gasteiger partial charge in [-0.05, 0) is 44.2 Å². The summed E-state index contributed by atoms with van der Waals surface area (Å²) in [7, 11) is 0. The topological polar surface area (TPSA) is 12.0 Å². The highest BCUT2D eigenvalue weighted by molar-refractivity contribution is 5.21. The van der Waals surface area contributed by atoms with E-state index in [1.165, 1.54) is 43.2 Å². The summed E-state index contributed by atoms with van der Waals surface area (Å²) in [5.74, 6) is 0.885. The van der Waals surface area contributed by atoms with Crippen molar-refractivity contribution < 1.29 is 0 Å². The van der Waals surface area contributed by atoms with Crippen molar-refractivity contribution in [1.82, 2.24) is 5.32 Å². The van der Waals surface area contributed by atoms with Crippen LogP contribution in [0.1, 0.15) is 43.7 Å². The molecule has 0 aliphatic heterocycles. The second-order valence-corrected chi connectivity index (χ2v) is 5.48. The standard InChI is InChI=1S/C16H25N/c1-3-17-16-6-4-5-15(12-16)11-14-9-7-13(2)8-10-14/h7-10,15-17H,3-6,11-12H2,1-2H3. The van der Waals surface area contributed by atoms with E-state index in [1.807, 2.05) is 0 Å². The van der Waals surface area contributed by atoms with Crippen molar-refractivity contribution in [1.29, 1.82) is 0 Å². The Bertz CT molecular complexity index is 326. The van der Waals surface area contributed by atoms with Crippen molar-refractivity contribution in [3.63, 3.8) is 0 Å². The monoisotopic (exact) mass is 231 g/mol. The lowest BCUT2D eigenvalue weighted by atomic mass is 9.82. The fourth-order valence-corrected chi connectivity index (χ4v) is 3.01. The minimum absolute atomic E-state index is 0.768. The molecule has 1 N–H and O–H groups in total. The molecule has 1 aromatic carbocycles. The van der Waals surface area contributed by atoms with Crippen LogP contribution in [-0.4, -0.2) is 12.6 Å². The Balaban J connectivity index is 1.87. The molecular weight excluding hydrogens is 206 g/mol. The molecule has 0 amide bonds. The first-order valence-electron chi connectivity index (χ1n) is 7.07. The van der Waals surface area contributed by atoms with Crippen LogP contribution in [-0.2, 0) is 6.42 Å². The van der Waals surface area contributed by atoms with E-state index < -0.39 is 0 Å². The van der Waals surface area contributed by atoms with Gasteiger partial charge in [0.25, 0.3) is 0 Å².